The second-order valence-electron chi connectivity index (χ2n) is 4.30. The van der Waals surface area contributed by atoms with Gasteiger partial charge < -0.3 is 4.98 Å². The summed E-state index contributed by atoms with van der Waals surface area (Å²) >= 11 is 0. The smallest absolute Gasteiger partial charge is 0.178 e. The number of nitrogens with one attached hydrogen (secondary N) is 1. The number of fused-ring (bicyclic) bond motifs is 1. The van der Waals surface area contributed by atoms with Crippen LogP contribution in [0.5, 0.6) is 0 Å². The maximum absolute atomic E-state index is 4.35. The van der Waals surface area contributed by atoms with Crippen molar-refractivity contribution in [2.75, 3.05) is 0 Å². The molecule has 0 bridgehead atoms. The Morgan fingerprint density at radius 1 is 1.43 bits per heavy atom. The van der Waals surface area contributed by atoms with Gasteiger partial charge in [0.2, 0.25) is 0 Å². The van der Waals surface area contributed by atoms with Gasteiger partial charge in [-0.2, -0.15) is 5.10 Å². The molecule has 0 aliphatic heterocycles. The molecule has 0 unspecified atom stereocenters. The highest BCUT2D eigenvalue weighted by Crippen LogP contribution is 2.24. The second kappa shape index (κ2) is 5.54. The van der Waals surface area contributed by atoms with E-state index in [0.717, 1.165) is 16.6 Å². The van der Waals surface area contributed by atoms with Crippen LogP contribution in [-0.2, 0) is 0 Å². The summed E-state index contributed by atoms with van der Waals surface area (Å²) in [5, 5.41) is 4.35. The average molecular weight is 278 g/mol. The van der Waals surface area contributed by atoms with Crippen LogP contribution in [-0.4, -0.2) is 30.6 Å². The summed E-state index contributed by atoms with van der Waals surface area (Å²) in [5.74, 6) is 0.702. The standard InChI is InChI=1S/C15H14N6/c1-3-5-13(16-4-2)21-9-11(8-20-21)12-6-7-17-15-14(12)18-10-19-15/h3-10H,2H2,1H3,(H,17,18,19)/b5-3-,16-13?. The summed E-state index contributed by atoms with van der Waals surface area (Å²) in [4.78, 5) is 15.7. The Labute approximate surface area is 121 Å². The number of aromatic nitrogens is 5. The number of allylic oxidation sites excluding steroid dienone is 2. The summed E-state index contributed by atoms with van der Waals surface area (Å²) in [6.45, 7) is 5.55. The van der Waals surface area contributed by atoms with Crippen molar-refractivity contribution in [2.24, 2.45) is 4.99 Å². The molecule has 0 amide bonds. The predicted octanol–water partition coefficient (Wildman–Crippen LogP) is 2.79. The molecule has 3 aromatic rings. The molecule has 21 heavy (non-hydrogen) atoms. The van der Waals surface area contributed by atoms with Crippen molar-refractivity contribution < 1.29 is 0 Å². The Morgan fingerprint density at radius 3 is 3.14 bits per heavy atom. The molecular formula is C15H14N6. The number of aliphatic imine (C=N–C) groups is 1. The van der Waals surface area contributed by atoms with Crippen LogP contribution in [0.4, 0.5) is 0 Å². The van der Waals surface area contributed by atoms with Crippen LogP contribution < -0.4 is 0 Å². The Balaban J connectivity index is 2.08. The summed E-state index contributed by atoms with van der Waals surface area (Å²) in [6.07, 6.45) is 12.3. The van der Waals surface area contributed by atoms with Gasteiger partial charge in [0, 0.05) is 29.7 Å². The molecule has 3 rings (SSSR count). The maximum Gasteiger partial charge on any atom is 0.178 e. The first-order chi connectivity index (χ1) is 10.3. The predicted molar refractivity (Wildman–Crippen MR) is 83.0 cm³/mol. The van der Waals surface area contributed by atoms with Crippen molar-refractivity contribution in [1.82, 2.24) is 24.7 Å². The van der Waals surface area contributed by atoms with Crippen LogP contribution >= 0.6 is 0 Å². The third-order valence-corrected chi connectivity index (χ3v) is 2.99. The summed E-state index contributed by atoms with van der Waals surface area (Å²) in [6, 6.07) is 1.93. The second-order valence-corrected chi connectivity index (χ2v) is 4.30. The Hall–Kier alpha value is -3.02. The van der Waals surface area contributed by atoms with E-state index >= 15 is 0 Å². The molecule has 0 saturated carbocycles. The minimum atomic E-state index is 0.689. The van der Waals surface area contributed by atoms with Crippen molar-refractivity contribution in [2.45, 2.75) is 6.92 Å². The lowest BCUT2D eigenvalue weighted by molar-refractivity contribution is 0.937. The first kappa shape index (κ1) is 13.0. The van der Waals surface area contributed by atoms with E-state index in [0.29, 0.717) is 11.5 Å². The summed E-state index contributed by atoms with van der Waals surface area (Å²) < 4.78 is 1.71. The largest absolute Gasteiger partial charge is 0.343 e. The van der Waals surface area contributed by atoms with Gasteiger partial charge in [-0.3, -0.25) is 0 Å². The molecule has 0 aliphatic rings. The zero-order chi connectivity index (χ0) is 14.7. The molecule has 6 nitrogen and oxygen atoms in total. The molecule has 104 valence electrons. The van der Waals surface area contributed by atoms with Gasteiger partial charge in [-0.05, 0) is 19.1 Å². The fourth-order valence-electron chi connectivity index (χ4n) is 2.10. The summed E-state index contributed by atoms with van der Waals surface area (Å²) in [7, 11) is 0. The molecule has 0 spiro atoms. The van der Waals surface area contributed by atoms with Gasteiger partial charge >= 0.3 is 0 Å². The molecule has 1 N–H and O–H groups in total. The molecule has 0 radical (unpaired) electrons. The normalized spacial score (nSPS) is 12.3. The van der Waals surface area contributed by atoms with Gasteiger partial charge in [0.25, 0.3) is 0 Å². The quantitative estimate of drug-likeness (QED) is 0.591. The topological polar surface area (TPSA) is 71.8 Å². The zero-order valence-corrected chi connectivity index (χ0v) is 11.6. The molecule has 3 heterocycles. The number of hydrogen-bond acceptors (Lipinski definition) is 4. The number of H-pyrrole nitrogens is 1. The van der Waals surface area contributed by atoms with E-state index < -0.39 is 0 Å². The van der Waals surface area contributed by atoms with E-state index in [4.69, 9.17) is 0 Å². The Bertz CT molecular complexity index is 837. The minimum absolute atomic E-state index is 0.689. The van der Waals surface area contributed by atoms with Crippen LogP contribution in [0, 0.1) is 0 Å². The third-order valence-electron chi connectivity index (χ3n) is 2.99. The van der Waals surface area contributed by atoms with Gasteiger partial charge in [-0.1, -0.05) is 12.7 Å². The molecule has 3 aromatic heterocycles. The Kier molecular flexibility index (Phi) is 3.42. The summed E-state index contributed by atoms with van der Waals surface area (Å²) in [5.41, 5.74) is 3.55. The molecule has 0 saturated heterocycles. The molecule has 0 atom stereocenters. The Morgan fingerprint density at radius 2 is 2.33 bits per heavy atom. The van der Waals surface area contributed by atoms with E-state index in [1.807, 2.05) is 31.3 Å². The number of imidazole rings is 1. The van der Waals surface area contributed by atoms with E-state index in [1.54, 1.807) is 23.4 Å². The van der Waals surface area contributed by atoms with E-state index in [9.17, 15) is 0 Å². The van der Waals surface area contributed by atoms with Crippen molar-refractivity contribution in [3.8, 4) is 11.1 Å². The van der Waals surface area contributed by atoms with Crippen LogP contribution in [0.3, 0.4) is 0 Å². The van der Waals surface area contributed by atoms with Gasteiger partial charge in [0.05, 0.1) is 18.0 Å². The van der Waals surface area contributed by atoms with Crippen molar-refractivity contribution in [3.63, 3.8) is 0 Å². The van der Waals surface area contributed by atoms with Gasteiger partial charge in [-0.15, -0.1) is 0 Å². The van der Waals surface area contributed by atoms with E-state index in [1.165, 1.54) is 6.20 Å². The lowest BCUT2D eigenvalue weighted by atomic mass is 10.1. The molecule has 0 aromatic carbocycles. The van der Waals surface area contributed by atoms with Crippen LogP contribution in [0.25, 0.3) is 22.3 Å². The lowest BCUT2D eigenvalue weighted by Gasteiger charge is -2.00. The fourth-order valence-corrected chi connectivity index (χ4v) is 2.10. The van der Waals surface area contributed by atoms with E-state index in [2.05, 4.69) is 31.6 Å². The number of hydrogen-bond donors (Lipinski definition) is 1. The minimum Gasteiger partial charge on any atom is -0.343 e. The SMILES string of the molecule is C=CN=C(/C=C\C)n1cc(-c2ccnc3nc[nH]c23)cn1. The van der Waals surface area contributed by atoms with Gasteiger partial charge in [-0.25, -0.2) is 19.6 Å². The number of pyridine rings is 1. The first-order valence-corrected chi connectivity index (χ1v) is 6.48. The lowest BCUT2D eigenvalue weighted by Crippen LogP contribution is -2.08. The van der Waals surface area contributed by atoms with Crippen molar-refractivity contribution in [3.05, 3.63) is 55.9 Å². The number of nitrogens with zero attached hydrogens (tertiary/aromatic N) is 5. The van der Waals surface area contributed by atoms with E-state index in [-0.39, 0.29) is 0 Å². The zero-order valence-electron chi connectivity index (χ0n) is 11.6. The van der Waals surface area contributed by atoms with Crippen LogP contribution in [0.2, 0.25) is 0 Å². The third kappa shape index (κ3) is 2.38. The number of rotatable bonds is 3. The molecule has 0 aliphatic carbocycles. The molecule has 6 heteroatoms. The van der Waals surface area contributed by atoms with Gasteiger partial charge in [0.1, 0.15) is 0 Å². The highest BCUT2D eigenvalue weighted by atomic mass is 15.3. The highest BCUT2D eigenvalue weighted by molar-refractivity contribution is 5.96. The average Bonchev–Trinajstić information content (AvgIpc) is 3.15. The molecule has 0 fully saturated rings. The van der Waals surface area contributed by atoms with Gasteiger partial charge in [0.15, 0.2) is 11.5 Å². The maximum atomic E-state index is 4.35. The van der Waals surface area contributed by atoms with Crippen molar-refractivity contribution >= 4 is 17.0 Å². The molecular weight excluding hydrogens is 264 g/mol. The van der Waals surface area contributed by atoms with Crippen molar-refractivity contribution in [1.29, 1.82) is 0 Å². The van der Waals surface area contributed by atoms with Crippen LogP contribution in [0.1, 0.15) is 6.92 Å². The van der Waals surface area contributed by atoms with Crippen LogP contribution in [0.15, 0.2) is 60.9 Å². The highest BCUT2D eigenvalue weighted by Gasteiger charge is 2.09. The first-order valence-electron chi connectivity index (χ1n) is 6.48. The monoisotopic (exact) mass is 278 g/mol. The fraction of sp³-hybridized carbons (Fsp3) is 0.0667. The number of aromatic amines is 1.